The number of nitrogens with one attached hydrogen (secondary N) is 1. The molecule has 0 aliphatic heterocycles. The lowest BCUT2D eigenvalue weighted by atomic mass is 10.0. The van der Waals surface area contributed by atoms with Crippen LogP contribution in [0.15, 0.2) is 108 Å². The van der Waals surface area contributed by atoms with E-state index in [1.807, 2.05) is 51.1 Å². The van der Waals surface area contributed by atoms with Crippen LogP contribution in [0.5, 0.6) is 0 Å². The highest BCUT2D eigenvalue weighted by molar-refractivity contribution is 7.92. The van der Waals surface area contributed by atoms with Crippen LogP contribution in [0.1, 0.15) is 30.5 Å². The lowest BCUT2D eigenvalue weighted by Gasteiger charge is -2.34. The Balaban J connectivity index is 1.82. The largest absolute Gasteiger partial charge is 0.352 e. The molecule has 1 N–H and O–H groups in total. The maximum absolute atomic E-state index is 15.2. The van der Waals surface area contributed by atoms with E-state index < -0.39 is 40.2 Å². The number of aryl methyl sites for hydroxylation is 1. The fourth-order valence-electron chi connectivity index (χ4n) is 4.75. The first kappa shape index (κ1) is 32.7. The fourth-order valence-corrected chi connectivity index (χ4v) is 6.37. The van der Waals surface area contributed by atoms with E-state index in [4.69, 9.17) is 11.6 Å². The predicted octanol–water partition coefficient (Wildman–Crippen LogP) is 6.15. The summed E-state index contributed by atoms with van der Waals surface area (Å²) in [6.45, 7) is 4.59. The SMILES string of the molecule is Cc1ccc(S(=O)(=O)N(CC(=O)N(Cc2ccccc2Cl)[C@H](Cc2ccccc2)C(=O)NC(C)C)c2ccccc2F)cc1. The van der Waals surface area contributed by atoms with Crippen molar-refractivity contribution in [3.8, 4) is 0 Å². The van der Waals surface area contributed by atoms with Crippen LogP contribution in [-0.2, 0) is 32.6 Å². The van der Waals surface area contributed by atoms with Gasteiger partial charge in [-0.25, -0.2) is 12.8 Å². The second-order valence-corrected chi connectivity index (χ2v) is 13.0. The third kappa shape index (κ3) is 8.03. The minimum atomic E-state index is -4.41. The summed E-state index contributed by atoms with van der Waals surface area (Å²) in [4.78, 5) is 29.3. The first-order valence-corrected chi connectivity index (χ1v) is 16.0. The molecule has 230 valence electrons. The molecule has 0 saturated carbocycles. The smallest absolute Gasteiger partial charge is 0.264 e. The minimum absolute atomic E-state index is 0.0861. The van der Waals surface area contributed by atoms with Crippen LogP contribution in [0.4, 0.5) is 10.1 Å². The topological polar surface area (TPSA) is 86.8 Å². The van der Waals surface area contributed by atoms with Gasteiger partial charge in [0.25, 0.3) is 10.0 Å². The minimum Gasteiger partial charge on any atom is -0.352 e. The number of halogens is 2. The number of sulfonamides is 1. The average molecular weight is 636 g/mol. The van der Waals surface area contributed by atoms with Gasteiger partial charge in [-0.2, -0.15) is 0 Å². The Morgan fingerprint density at radius 1 is 0.864 bits per heavy atom. The molecule has 0 spiro atoms. The monoisotopic (exact) mass is 635 g/mol. The van der Waals surface area contributed by atoms with Gasteiger partial charge >= 0.3 is 0 Å². The molecule has 4 aromatic carbocycles. The van der Waals surface area contributed by atoms with E-state index in [-0.39, 0.29) is 29.6 Å². The lowest BCUT2D eigenvalue weighted by molar-refractivity contribution is -0.140. The van der Waals surface area contributed by atoms with Crippen molar-refractivity contribution in [1.82, 2.24) is 10.2 Å². The van der Waals surface area contributed by atoms with Crippen molar-refractivity contribution in [2.75, 3.05) is 10.8 Å². The second kappa shape index (κ2) is 14.5. The maximum Gasteiger partial charge on any atom is 0.264 e. The average Bonchev–Trinajstić information content (AvgIpc) is 2.99. The fraction of sp³-hybridized carbons (Fsp3) is 0.235. The van der Waals surface area contributed by atoms with Gasteiger partial charge in [0, 0.05) is 24.0 Å². The van der Waals surface area contributed by atoms with Crippen LogP contribution in [0.3, 0.4) is 0 Å². The van der Waals surface area contributed by atoms with Gasteiger partial charge in [-0.05, 0) is 62.2 Å². The van der Waals surface area contributed by atoms with Gasteiger partial charge in [0.1, 0.15) is 18.4 Å². The number of benzene rings is 4. The first-order valence-electron chi connectivity index (χ1n) is 14.2. The van der Waals surface area contributed by atoms with Crippen molar-refractivity contribution in [3.05, 3.63) is 131 Å². The molecule has 1 atom stereocenters. The van der Waals surface area contributed by atoms with Crippen molar-refractivity contribution in [2.45, 2.75) is 50.7 Å². The van der Waals surface area contributed by atoms with Crippen LogP contribution >= 0.6 is 11.6 Å². The summed E-state index contributed by atoms with van der Waals surface area (Å²) in [6.07, 6.45) is 0.153. The van der Waals surface area contributed by atoms with E-state index in [0.717, 1.165) is 21.5 Å². The van der Waals surface area contributed by atoms with E-state index in [1.165, 1.54) is 35.2 Å². The highest BCUT2D eigenvalue weighted by Gasteiger charge is 2.35. The number of para-hydroxylation sites is 1. The molecule has 0 saturated heterocycles. The molecule has 4 rings (SSSR count). The lowest BCUT2D eigenvalue weighted by Crippen LogP contribution is -2.54. The standard InChI is InChI=1S/C34H35ClFN3O4S/c1-24(2)37-34(41)32(21-26-11-5-4-6-12-26)38(22-27-13-7-8-14-29(27)35)33(40)23-39(31-16-10-9-15-30(31)36)44(42,43)28-19-17-25(3)18-20-28/h4-20,24,32H,21-23H2,1-3H3,(H,37,41)/t32-/m1/s1. The number of hydrogen-bond donors (Lipinski definition) is 1. The van der Waals surface area contributed by atoms with Crippen molar-refractivity contribution in [2.24, 2.45) is 0 Å². The van der Waals surface area contributed by atoms with Crippen molar-refractivity contribution < 1.29 is 22.4 Å². The normalized spacial score (nSPS) is 12.0. The molecule has 0 aliphatic rings. The number of amides is 2. The molecule has 4 aromatic rings. The number of anilines is 1. The molecule has 2 amide bonds. The van der Waals surface area contributed by atoms with E-state index in [2.05, 4.69) is 5.32 Å². The van der Waals surface area contributed by atoms with Crippen molar-refractivity contribution in [3.63, 3.8) is 0 Å². The van der Waals surface area contributed by atoms with Crippen molar-refractivity contribution >= 4 is 39.1 Å². The molecular formula is C34H35ClFN3O4S. The van der Waals surface area contributed by atoms with Gasteiger partial charge in [0.2, 0.25) is 11.8 Å². The Labute approximate surface area is 263 Å². The summed E-state index contributed by atoms with van der Waals surface area (Å²) in [7, 11) is -4.41. The quantitative estimate of drug-likeness (QED) is 0.202. The van der Waals surface area contributed by atoms with E-state index in [9.17, 15) is 18.0 Å². The molecule has 0 unspecified atom stereocenters. The summed E-state index contributed by atoms with van der Waals surface area (Å²) >= 11 is 6.50. The summed E-state index contributed by atoms with van der Waals surface area (Å²) in [5, 5.41) is 3.28. The molecule has 0 heterocycles. The Kier molecular flexibility index (Phi) is 10.8. The molecule has 7 nitrogen and oxygen atoms in total. The van der Waals surface area contributed by atoms with Gasteiger partial charge in [-0.3, -0.25) is 13.9 Å². The van der Waals surface area contributed by atoms with Crippen LogP contribution in [0.2, 0.25) is 5.02 Å². The van der Waals surface area contributed by atoms with Gasteiger partial charge in [-0.1, -0.05) is 90.0 Å². The molecule has 0 bridgehead atoms. The summed E-state index contributed by atoms with van der Waals surface area (Å²) in [6, 6.07) is 26.3. The van der Waals surface area contributed by atoms with E-state index in [1.54, 1.807) is 36.4 Å². The molecule has 10 heteroatoms. The molecule has 0 radical (unpaired) electrons. The summed E-state index contributed by atoms with van der Waals surface area (Å²) in [5.41, 5.74) is 1.91. The number of carbonyl (C=O) groups is 2. The van der Waals surface area contributed by atoms with E-state index in [0.29, 0.717) is 10.6 Å². The second-order valence-electron chi connectivity index (χ2n) is 10.8. The zero-order valence-corrected chi connectivity index (χ0v) is 26.4. The zero-order valence-electron chi connectivity index (χ0n) is 24.8. The number of nitrogens with zero attached hydrogens (tertiary/aromatic N) is 2. The Bertz CT molecular complexity index is 1700. The first-order chi connectivity index (χ1) is 21.0. The van der Waals surface area contributed by atoms with Gasteiger partial charge in [0.05, 0.1) is 10.6 Å². The van der Waals surface area contributed by atoms with Crippen LogP contribution < -0.4 is 9.62 Å². The van der Waals surface area contributed by atoms with Gasteiger partial charge in [-0.15, -0.1) is 0 Å². The zero-order chi connectivity index (χ0) is 31.9. The highest BCUT2D eigenvalue weighted by atomic mass is 35.5. The Morgan fingerprint density at radius 3 is 2.11 bits per heavy atom. The van der Waals surface area contributed by atoms with Crippen LogP contribution in [0.25, 0.3) is 0 Å². The van der Waals surface area contributed by atoms with Crippen LogP contribution in [-0.4, -0.2) is 43.8 Å². The number of hydrogen-bond acceptors (Lipinski definition) is 4. The van der Waals surface area contributed by atoms with Gasteiger partial charge in [0.15, 0.2) is 0 Å². The molecule has 44 heavy (non-hydrogen) atoms. The van der Waals surface area contributed by atoms with Crippen LogP contribution in [0, 0.1) is 12.7 Å². The molecular weight excluding hydrogens is 601 g/mol. The summed E-state index contributed by atoms with van der Waals surface area (Å²) < 4.78 is 44.0. The molecule has 0 fully saturated rings. The highest BCUT2D eigenvalue weighted by Crippen LogP contribution is 2.28. The number of rotatable bonds is 12. The Hall–Kier alpha value is -4.21. The third-order valence-corrected chi connectivity index (χ3v) is 9.15. The molecule has 0 aliphatic carbocycles. The van der Waals surface area contributed by atoms with E-state index >= 15 is 4.39 Å². The van der Waals surface area contributed by atoms with Crippen molar-refractivity contribution in [1.29, 1.82) is 0 Å². The van der Waals surface area contributed by atoms with Gasteiger partial charge < -0.3 is 10.2 Å². The molecule has 0 aromatic heterocycles. The Morgan fingerprint density at radius 2 is 1.48 bits per heavy atom. The maximum atomic E-state index is 15.2. The summed E-state index contributed by atoms with van der Waals surface area (Å²) in [5.74, 6) is -1.93. The number of carbonyl (C=O) groups excluding carboxylic acids is 2. The predicted molar refractivity (Wildman–Crippen MR) is 171 cm³/mol. The third-order valence-electron chi connectivity index (χ3n) is 7.01.